The number of nitrogens with zero attached hydrogens (tertiary/aromatic N) is 1. The van der Waals surface area contributed by atoms with E-state index in [1.54, 1.807) is 13.1 Å². The Kier molecular flexibility index (Phi) is 5.77. The smallest absolute Gasteiger partial charge is 0.238 e. The van der Waals surface area contributed by atoms with Crippen molar-refractivity contribution in [3.8, 4) is 0 Å². The number of rotatable bonds is 5. The van der Waals surface area contributed by atoms with E-state index in [1.165, 1.54) is 18.2 Å². The van der Waals surface area contributed by atoms with E-state index in [4.69, 9.17) is 23.2 Å². The molecule has 0 unspecified atom stereocenters. The molecule has 0 aliphatic carbocycles. The number of anilines is 1. The number of likely N-dealkylation sites (N-methyl/N-ethyl adjacent to an activating group) is 1. The molecule has 0 saturated carbocycles. The van der Waals surface area contributed by atoms with Crippen LogP contribution in [0.2, 0.25) is 10.0 Å². The fourth-order valence-electron chi connectivity index (χ4n) is 2.03. The topological polar surface area (TPSA) is 32.3 Å². The zero-order valence-electron chi connectivity index (χ0n) is 11.9. The Labute approximate surface area is 138 Å². The van der Waals surface area contributed by atoms with E-state index in [2.05, 4.69) is 5.32 Å². The van der Waals surface area contributed by atoms with E-state index < -0.39 is 5.82 Å². The molecule has 0 aliphatic heterocycles. The fourth-order valence-corrected chi connectivity index (χ4v) is 2.42. The fraction of sp³-hybridized carbons (Fsp3) is 0.188. The molecular formula is C16H15Cl2FN2O. The summed E-state index contributed by atoms with van der Waals surface area (Å²) in [5, 5.41) is 3.53. The first-order chi connectivity index (χ1) is 10.4. The molecule has 6 heteroatoms. The molecule has 0 saturated heterocycles. The van der Waals surface area contributed by atoms with Crippen molar-refractivity contribution in [2.75, 3.05) is 18.9 Å². The second kappa shape index (κ2) is 7.58. The highest BCUT2D eigenvalue weighted by atomic mass is 35.5. The van der Waals surface area contributed by atoms with E-state index in [9.17, 15) is 9.18 Å². The molecule has 0 aliphatic rings. The summed E-state index contributed by atoms with van der Waals surface area (Å²) in [5.74, 6) is -0.832. The summed E-state index contributed by atoms with van der Waals surface area (Å²) >= 11 is 11.7. The lowest BCUT2D eigenvalue weighted by Gasteiger charge is -2.16. The first-order valence-electron chi connectivity index (χ1n) is 6.62. The Morgan fingerprint density at radius 1 is 1.18 bits per heavy atom. The van der Waals surface area contributed by atoms with Gasteiger partial charge >= 0.3 is 0 Å². The van der Waals surface area contributed by atoms with E-state index in [1.807, 2.05) is 23.1 Å². The van der Waals surface area contributed by atoms with Gasteiger partial charge in [-0.2, -0.15) is 0 Å². The molecule has 1 amide bonds. The SMILES string of the molecule is CN(CC(=O)Nc1cc(Cl)ccc1F)Cc1cccc(Cl)c1. The molecule has 0 bridgehead atoms. The molecule has 1 N–H and O–H groups in total. The zero-order chi connectivity index (χ0) is 16.1. The van der Waals surface area contributed by atoms with Gasteiger partial charge in [-0.15, -0.1) is 0 Å². The van der Waals surface area contributed by atoms with Crippen LogP contribution >= 0.6 is 23.2 Å². The van der Waals surface area contributed by atoms with Gasteiger partial charge in [-0.1, -0.05) is 35.3 Å². The quantitative estimate of drug-likeness (QED) is 0.884. The van der Waals surface area contributed by atoms with Gasteiger partial charge in [-0.05, 0) is 42.9 Å². The molecule has 0 heterocycles. The van der Waals surface area contributed by atoms with Crippen LogP contribution in [-0.4, -0.2) is 24.4 Å². The van der Waals surface area contributed by atoms with Crippen LogP contribution in [0.25, 0.3) is 0 Å². The van der Waals surface area contributed by atoms with Gasteiger partial charge in [-0.3, -0.25) is 9.69 Å². The van der Waals surface area contributed by atoms with Crippen LogP contribution in [0.15, 0.2) is 42.5 Å². The second-order valence-electron chi connectivity index (χ2n) is 4.97. The van der Waals surface area contributed by atoms with E-state index in [0.29, 0.717) is 16.6 Å². The molecule has 3 nitrogen and oxygen atoms in total. The molecule has 2 aromatic carbocycles. The van der Waals surface area contributed by atoms with E-state index >= 15 is 0 Å². The summed E-state index contributed by atoms with van der Waals surface area (Å²) < 4.78 is 13.6. The van der Waals surface area contributed by atoms with Gasteiger partial charge in [-0.25, -0.2) is 4.39 Å². The summed E-state index contributed by atoms with van der Waals surface area (Å²) in [5.41, 5.74) is 1.07. The first kappa shape index (κ1) is 16.7. The standard InChI is InChI=1S/C16H15Cl2FN2O/c1-21(9-11-3-2-4-12(17)7-11)10-16(22)20-15-8-13(18)5-6-14(15)19/h2-8H,9-10H2,1H3,(H,20,22). The number of hydrogen-bond acceptors (Lipinski definition) is 2. The predicted molar refractivity (Wildman–Crippen MR) is 87.8 cm³/mol. The van der Waals surface area contributed by atoms with Gasteiger partial charge in [0.1, 0.15) is 5.82 Å². The van der Waals surface area contributed by atoms with Crippen LogP contribution in [0.3, 0.4) is 0 Å². The molecule has 0 aromatic heterocycles. The maximum Gasteiger partial charge on any atom is 0.238 e. The van der Waals surface area contributed by atoms with Crippen LogP contribution in [0, 0.1) is 5.82 Å². The highest BCUT2D eigenvalue weighted by Crippen LogP contribution is 2.19. The normalized spacial score (nSPS) is 10.8. The van der Waals surface area contributed by atoms with Gasteiger partial charge in [0.05, 0.1) is 12.2 Å². The minimum atomic E-state index is -0.518. The van der Waals surface area contributed by atoms with Crippen molar-refractivity contribution in [3.05, 3.63) is 63.9 Å². The average molecular weight is 341 g/mol. The molecular weight excluding hydrogens is 326 g/mol. The number of amides is 1. The minimum absolute atomic E-state index is 0.0775. The van der Waals surface area contributed by atoms with Crippen molar-refractivity contribution in [1.82, 2.24) is 4.90 Å². The third-order valence-corrected chi connectivity index (χ3v) is 3.43. The molecule has 0 fully saturated rings. The van der Waals surface area contributed by atoms with Gasteiger partial charge < -0.3 is 5.32 Å². The highest BCUT2D eigenvalue weighted by molar-refractivity contribution is 6.31. The maximum atomic E-state index is 13.6. The number of halogens is 3. The van der Waals surface area contributed by atoms with Crippen molar-refractivity contribution < 1.29 is 9.18 Å². The number of nitrogens with one attached hydrogen (secondary N) is 1. The van der Waals surface area contributed by atoms with Gasteiger partial charge in [0.15, 0.2) is 0 Å². The number of benzene rings is 2. The predicted octanol–water partition coefficient (Wildman–Crippen LogP) is 4.20. The molecule has 116 valence electrons. The number of carbonyl (C=O) groups excluding carboxylic acids is 1. The third-order valence-electron chi connectivity index (χ3n) is 2.96. The second-order valence-corrected chi connectivity index (χ2v) is 5.85. The number of hydrogen-bond donors (Lipinski definition) is 1. The van der Waals surface area contributed by atoms with Crippen molar-refractivity contribution in [1.29, 1.82) is 0 Å². The Balaban J connectivity index is 1.92. The Hall–Kier alpha value is -1.62. The lowest BCUT2D eigenvalue weighted by Crippen LogP contribution is -2.30. The third kappa shape index (κ3) is 4.98. The summed E-state index contributed by atoms with van der Waals surface area (Å²) in [4.78, 5) is 13.8. The van der Waals surface area contributed by atoms with Crippen molar-refractivity contribution in [2.45, 2.75) is 6.54 Å². The first-order valence-corrected chi connectivity index (χ1v) is 7.37. The van der Waals surface area contributed by atoms with Gasteiger partial charge in [0, 0.05) is 16.6 Å². The summed E-state index contributed by atoms with van der Waals surface area (Å²) in [7, 11) is 1.80. The van der Waals surface area contributed by atoms with Crippen LogP contribution in [0.1, 0.15) is 5.56 Å². The lowest BCUT2D eigenvalue weighted by molar-refractivity contribution is -0.117. The minimum Gasteiger partial charge on any atom is -0.322 e. The van der Waals surface area contributed by atoms with Crippen LogP contribution < -0.4 is 5.32 Å². The van der Waals surface area contributed by atoms with Gasteiger partial charge in [0.2, 0.25) is 5.91 Å². The molecule has 2 aromatic rings. The highest BCUT2D eigenvalue weighted by Gasteiger charge is 2.10. The average Bonchev–Trinajstić information content (AvgIpc) is 2.42. The van der Waals surface area contributed by atoms with Crippen LogP contribution in [0.4, 0.5) is 10.1 Å². The summed E-state index contributed by atoms with van der Waals surface area (Å²) in [6.45, 7) is 0.685. The van der Waals surface area contributed by atoms with E-state index in [0.717, 1.165) is 5.56 Å². The van der Waals surface area contributed by atoms with E-state index in [-0.39, 0.29) is 18.1 Å². The monoisotopic (exact) mass is 340 g/mol. The zero-order valence-corrected chi connectivity index (χ0v) is 13.5. The van der Waals surface area contributed by atoms with Crippen molar-refractivity contribution in [3.63, 3.8) is 0 Å². The molecule has 0 radical (unpaired) electrons. The van der Waals surface area contributed by atoms with Crippen molar-refractivity contribution >= 4 is 34.8 Å². The van der Waals surface area contributed by atoms with Gasteiger partial charge in [0.25, 0.3) is 0 Å². The molecule has 0 atom stereocenters. The Morgan fingerprint density at radius 2 is 1.91 bits per heavy atom. The lowest BCUT2D eigenvalue weighted by atomic mass is 10.2. The maximum absolute atomic E-state index is 13.6. The number of carbonyl (C=O) groups is 1. The molecule has 0 spiro atoms. The largest absolute Gasteiger partial charge is 0.322 e. The summed E-state index contributed by atoms with van der Waals surface area (Å²) in [6, 6.07) is 11.4. The van der Waals surface area contributed by atoms with Crippen molar-refractivity contribution in [2.24, 2.45) is 0 Å². The Morgan fingerprint density at radius 3 is 2.64 bits per heavy atom. The molecule has 22 heavy (non-hydrogen) atoms. The molecule has 2 rings (SSSR count). The summed E-state index contributed by atoms with van der Waals surface area (Å²) in [6.07, 6.45) is 0. The van der Waals surface area contributed by atoms with Crippen LogP contribution in [0.5, 0.6) is 0 Å². The van der Waals surface area contributed by atoms with Crippen LogP contribution in [-0.2, 0) is 11.3 Å². The Bertz CT molecular complexity index is 679.